The third-order valence-electron chi connectivity index (χ3n) is 1.29. The highest BCUT2D eigenvalue weighted by Crippen LogP contribution is 2.06. The van der Waals surface area contributed by atoms with Crippen molar-refractivity contribution < 1.29 is 19.5 Å². The van der Waals surface area contributed by atoms with E-state index < -0.39 is 17.7 Å². The number of nitrogens with zero attached hydrogens (tertiary/aromatic N) is 1. The molecule has 0 unspecified atom stereocenters. The number of oxime groups is 1. The number of nitrogens with one attached hydrogen (secondary N) is 1. The second-order valence-electron chi connectivity index (χ2n) is 3.97. The fourth-order valence-corrected chi connectivity index (χ4v) is 0.841. The molecule has 0 aromatic carbocycles. The first-order valence-corrected chi connectivity index (χ1v) is 4.55. The predicted octanol–water partition coefficient (Wildman–Crippen LogP) is 0.986. The van der Waals surface area contributed by atoms with E-state index in [1.54, 1.807) is 20.8 Å². The van der Waals surface area contributed by atoms with Crippen molar-refractivity contribution in [3.63, 3.8) is 0 Å². The molecular weight excluding hydrogens is 200 g/mol. The highest BCUT2D eigenvalue weighted by atomic mass is 16.6. The monoisotopic (exact) mass is 218 g/mol. The van der Waals surface area contributed by atoms with Gasteiger partial charge in [0.1, 0.15) is 5.60 Å². The van der Waals surface area contributed by atoms with E-state index in [1.165, 1.54) is 7.11 Å². The molecule has 0 fully saturated rings. The highest BCUT2D eigenvalue weighted by Gasteiger charge is 2.18. The Morgan fingerprint density at radius 2 is 2.20 bits per heavy atom. The molecule has 0 aromatic heterocycles. The minimum atomic E-state index is -0.579. The molecule has 0 heterocycles. The van der Waals surface area contributed by atoms with Crippen molar-refractivity contribution in [1.82, 2.24) is 5.32 Å². The van der Waals surface area contributed by atoms with Crippen LogP contribution in [0.2, 0.25) is 0 Å². The van der Waals surface area contributed by atoms with E-state index in [0.717, 1.165) is 6.21 Å². The fourth-order valence-electron chi connectivity index (χ4n) is 0.841. The molecule has 0 bridgehead atoms. The quantitative estimate of drug-likeness (QED) is 0.419. The van der Waals surface area contributed by atoms with Crippen molar-refractivity contribution in [2.75, 3.05) is 13.7 Å². The smallest absolute Gasteiger partial charge is 0.408 e. The van der Waals surface area contributed by atoms with Gasteiger partial charge in [0.05, 0.1) is 18.9 Å². The molecule has 6 heteroatoms. The summed E-state index contributed by atoms with van der Waals surface area (Å²) in [6, 6.07) is -0.505. The van der Waals surface area contributed by atoms with E-state index >= 15 is 0 Å². The maximum absolute atomic E-state index is 11.3. The van der Waals surface area contributed by atoms with Crippen LogP contribution >= 0.6 is 0 Å². The van der Waals surface area contributed by atoms with Crippen LogP contribution in [0, 0.1) is 0 Å². The molecular formula is C9H18N2O4. The minimum absolute atomic E-state index is 0.212. The van der Waals surface area contributed by atoms with Crippen LogP contribution in [0.25, 0.3) is 0 Å². The first kappa shape index (κ1) is 13.7. The van der Waals surface area contributed by atoms with Gasteiger partial charge in [0.2, 0.25) is 0 Å². The lowest BCUT2D eigenvalue weighted by Gasteiger charge is -2.21. The van der Waals surface area contributed by atoms with E-state index in [2.05, 4.69) is 10.5 Å². The first-order chi connectivity index (χ1) is 6.89. The molecule has 0 aliphatic carbocycles. The van der Waals surface area contributed by atoms with E-state index in [1.807, 2.05) is 0 Å². The summed E-state index contributed by atoms with van der Waals surface area (Å²) in [5.74, 6) is 0. The van der Waals surface area contributed by atoms with Gasteiger partial charge in [0.15, 0.2) is 0 Å². The molecule has 0 saturated heterocycles. The maximum atomic E-state index is 11.3. The van der Waals surface area contributed by atoms with Crippen LogP contribution in [0.15, 0.2) is 5.16 Å². The zero-order valence-corrected chi connectivity index (χ0v) is 9.48. The van der Waals surface area contributed by atoms with Crippen LogP contribution in [-0.2, 0) is 9.47 Å². The van der Waals surface area contributed by atoms with E-state index in [9.17, 15) is 4.79 Å². The average Bonchev–Trinajstić information content (AvgIpc) is 2.00. The van der Waals surface area contributed by atoms with Gasteiger partial charge in [-0.3, -0.25) is 0 Å². The first-order valence-electron chi connectivity index (χ1n) is 4.55. The van der Waals surface area contributed by atoms with Crippen LogP contribution in [0.1, 0.15) is 20.8 Å². The Morgan fingerprint density at radius 1 is 1.60 bits per heavy atom. The second-order valence-corrected chi connectivity index (χ2v) is 3.97. The molecule has 88 valence electrons. The van der Waals surface area contributed by atoms with Crippen molar-refractivity contribution in [2.24, 2.45) is 5.16 Å². The summed E-state index contributed by atoms with van der Waals surface area (Å²) >= 11 is 0. The third kappa shape index (κ3) is 7.75. The minimum Gasteiger partial charge on any atom is -0.444 e. The molecule has 0 aliphatic heterocycles. The molecule has 0 aromatic rings. The predicted molar refractivity (Wildman–Crippen MR) is 55.3 cm³/mol. The second kappa shape index (κ2) is 6.23. The topological polar surface area (TPSA) is 80.2 Å². The van der Waals surface area contributed by atoms with Crippen LogP contribution in [0.3, 0.4) is 0 Å². The molecule has 0 spiro atoms. The van der Waals surface area contributed by atoms with Crippen LogP contribution < -0.4 is 5.32 Å². The van der Waals surface area contributed by atoms with Crippen molar-refractivity contribution in [3.05, 3.63) is 0 Å². The lowest BCUT2D eigenvalue weighted by atomic mass is 10.2. The lowest BCUT2D eigenvalue weighted by molar-refractivity contribution is 0.0495. The van der Waals surface area contributed by atoms with E-state index in [4.69, 9.17) is 14.7 Å². The molecule has 6 nitrogen and oxygen atoms in total. The summed E-state index contributed by atoms with van der Waals surface area (Å²) in [6.07, 6.45) is 0.581. The Labute approximate surface area is 89.2 Å². The number of carbonyl (C=O) groups excluding carboxylic acids is 1. The lowest BCUT2D eigenvalue weighted by Crippen LogP contribution is -2.42. The number of ether oxygens (including phenoxy) is 2. The van der Waals surface area contributed by atoms with Crippen molar-refractivity contribution in [1.29, 1.82) is 0 Å². The van der Waals surface area contributed by atoms with Gasteiger partial charge in [-0.05, 0) is 20.8 Å². The Morgan fingerprint density at radius 3 is 2.60 bits per heavy atom. The molecule has 0 rings (SSSR count). The largest absolute Gasteiger partial charge is 0.444 e. The molecule has 15 heavy (non-hydrogen) atoms. The number of hydrogen-bond acceptors (Lipinski definition) is 5. The van der Waals surface area contributed by atoms with Crippen molar-refractivity contribution in [2.45, 2.75) is 32.4 Å². The van der Waals surface area contributed by atoms with Gasteiger partial charge in [0.25, 0.3) is 0 Å². The van der Waals surface area contributed by atoms with Gasteiger partial charge in [-0.1, -0.05) is 5.16 Å². The van der Waals surface area contributed by atoms with Crippen LogP contribution in [0.5, 0.6) is 0 Å². The Hall–Kier alpha value is -1.30. The number of methoxy groups -OCH3 is 1. The summed E-state index contributed by atoms with van der Waals surface area (Å²) < 4.78 is 9.83. The SMILES string of the molecule is COC[C@@H](C=NO)NC(=O)OC(C)(C)C. The Balaban J connectivity index is 4.11. The van der Waals surface area contributed by atoms with Gasteiger partial charge in [-0.25, -0.2) is 4.79 Å². The molecule has 1 amide bonds. The van der Waals surface area contributed by atoms with E-state index in [0.29, 0.717) is 0 Å². The molecule has 0 radical (unpaired) electrons. The number of hydrogen-bond donors (Lipinski definition) is 2. The van der Waals surface area contributed by atoms with Gasteiger partial charge in [-0.15, -0.1) is 0 Å². The molecule has 2 N–H and O–H groups in total. The number of carbonyl (C=O) groups is 1. The van der Waals surface area contributed by atoms with Gasteiger partial charge >= 0.3 is 6.09 Å². The van der Waals surface area contributed by atoms with Crippen molar-refractivity contribution >= 4 is 12.3 Å². The third-order valence-corrected chi connectivity index (χ3v) is 1.29. The maximum Gasteiger partial charge on any atom is 0.408 e. The molecule has 1 atom stereocenters. The average molecular weight is 218 g/mol. The van der Waals surface area contributed by atoms with Gasteiger partial charge < -0.3 is 20.0 Å². The summed E-state index contributed by atoms with van der Waals surface area (Å²) in [6.45, 7) is 5.50. The van der Waals surface area contributed by atoms with Crippen molar-refractivity contribution in [3.8, 4) is 0 Å². The van der Waals surface area contributed by atoms with Gasteiger partial charge in [0, 0.05) is 7.11 Å². The summed E-state index contributed by atoms with van der Waals surface area (Å²) in [5, 5.41) is 13.6. The van der Waals surface area contributed by atoms with Crippen LogP contribution in [0.4, 0.5) is 4.79 Å². The van der Waals surface area contributed by atoms with E-state index in [-0.39, 0.29) is 6.61 Å². The standard InChI is InChI=1S/C9H18N2O4/c1-9(2,3)15-8(12)11-7(5-10-13)6-14-4/h5,7,13H,6H2,1-4H3,(H,11,12)/t7-/m1/s1. The molecule has 0 aliphatic rings. The highest BCUT2D eigenvalue weighted by molar-refractivity contribution is 5.75. The summed E-state index contributed by atoms with van der Waals surface area (Å²) in [7, 11) is 1.48. The zero-order valence-electron chi connectivity index (χ0n) is 9.48. The van der Waals surface area contributed by atoms with Crippen LogP contribution in [-0.4, -0.2) is 42.9 Å². The number of alkyl carbamates (subject to hydrolysis) is 1. The Bertz CT molecular complexity index is 223. The normalized spacial score (nSPS) is 13.9. The van der Waals surface area contributed by atoms with Gasteiger partial charge in [-0.2, -0.15) is 0 Å². The number of amides is 1. The number of rotatable bonds is 4. The fraction of sp³-hybridized carbons (Fsp3) is 0.778. The summed E-state index contributed by atoms with van der Waals surface area (Å²) in [4.78, 5) is 11.3. The Kier molecular flexibility index (Phi) is 5.69. The molecule has 0 saturated carbocycles. The summed E-state index contributed by atoms with van der Waals surface area (Å²) in [5.41, 5.74) is -0.557. The zero-order chi connectivity index (χ0) is 11.9.